The van der Waals surface area contributed by atoms with Crippen molar-refractivity contribution in [3.8, 4) is 5.69 Å². The van der Waals surface area contributed by atoms with Gasteiger partial charge in [0.05, 0.1) is 22.5 Å². The monoisotopic (exact) mass is 410 g/mol. The highest BCUT2D eigenvalue weighted by atomic mass is 16.6. The van der Waals surface area contributed by atoms with Crippen LogP contribution < -0.4 is 5.32 Å². The van der Waals surface area contributed by atoms with Crippen molar-refractivity contribution in [1.82, 2.24) is 14.8 Å². The first-order valence-electron chi connectivity index (χ1n) is 10.5. The van der Waals surface area contributed by atoms with Gasteiger partial charge in [-0.1, -0.05) is 39.8 Å². The molecule has 0 aliphatic rings. The second kappa shape index (κ2) is 9.28. The van der Waals surface area contributed by atoms with E-state index in [0.717, 1.165) is 33.7 Å². The summed E-state index contributed by atoms with van der Waals surface area (Å²) < 4.78 is 7.29. The number of rotatable bonds is 3. The average molecular weight is 411 g/mol. The maximum atomic E-state index is 12.4. The third-order valence-electron chi connectivity index (χ3n) is 4.22. The van der Waals surface area contributed by atoms with Gasteiger partial charge in [-0.15, -0.1) is 0 Å². The summed E-state index contributed by atoms with van der Waals surface area (Å²) in [6, 6.07) is 9.99. The zero-order valence-corrected chi connectivity index (χ0v) is 19.6. The number of carbonyl (C=O) groups is 1. The van der Waals surface area contributed by atoms with Crippen LogP contribution in [0.25, 0.3) is 16.7 Å². The molecule has 0 fully saturated rings. The second-order valence-electron chi connectivity index (χ2n) is 8.43. The number of ether oxygens (including phenoxy) is 1. The Hall–Kier alpha value is -2.89. The number of nitrogens with one attached hydrogen (secondary N) is 1. The number of amides is 1. The maximum Gasteiger partial charge on any atom is 0.412 e. The second-order valence-corrected chi connectivity index (χ2v) is 8.43. The topological polar surface area (TPSA) is 69.0 Å². The van der Waals surface area contributed by atoms with E-state index in [1.54, 1.807) is 0 Å². The Labute approximate surface area is 179 Å². The largest absolute Gasteiger partial charge is 0.444 e. The van der Waals surface area contributed by atoms with E-state index in [0.29, 0.717) is 5.69 Å². The summed E-state index contributed by atoms with van der Waals surface area (Å²) in [4.78, 5) is 17.1. The van der Waals surface area contributed by atoms with E-state index >= 15 is 0 Å². The molecule has 0 aliphatic carbocycles. The van der Waals surface area contributed by atoms with Crippen LogP contribution >= 0.6 is 0 Å². The maximum absolute atomic E-state index is 12.4. The summed E-state index contributed by atoms with van der Waals surface area (Å²) in [5.41, 5.74) is 4.58. The fraction of sp³-hybridized carbons (Fsp3) is 0.458. The molecule has 3 rings (SSSR count). The van der Waals surface area contributed by atoms with E-state index < -0.39 is 11.7 Å². The van der Waals surface area contributed by atoms with E-state index in [-0.39, 0.29) is 5.92 Å². The van der Waals surface area contributed by atoms with Gasteiger partial charge < -0.3 is 4.74 Å². The standard InChI is InChI=1S/C22H28N4O2.C2H6/c1-13(2)19-18-17(24-21(27)28-22(5,6)7)12-15(4)23-20(18)26(25-19)16-10-8-9-14(3)11-16;1-2/h8-13H,1-7H3,(H,23,24,27);1-2H3. The minimum atomic E-state index is -0.572. The Kier molecular flexibility index (Phi) is 7.24. The number of benzene rings is 1. The smallest absolute Gasteiger partial charge is 0.412 e. The van der Waals surface area contributed by atoms with Crippen LogP contribution in [0.15, 0.2) is 30.3 Å². The summed E-state index contributed by atoms with van der Waals surface area (Å²) in [7, 11) is 0. The predicted molar refractivity (Wildman–Crippen MR) is 124 cm³/mol. The van der Waals surface area contributed by atoms with Crippen LogP contribution in [-0.2, 0) is 4.74 Å². The number of anilines is 1. The molecule has 1 N–H and O–H groups in total. The van der Waals surface area contributed by atoms with Gasteiger partial charge in [0, 0.05) is 5.69 Å². The van der Waals surface area contributed by atoms with Gasteiger partial charge in [0.15, 0.2) is 5.65 Å². The molecule has 0 radical (unpaired) electrons. The molecular formula is C24H34N4O2. The first-order chi connectivity index (χ1) is 14.0. The van der Waals surface area contributed by atoms with E-state index in [1.807, 2.05) is 77.4 Å². The normalized spacial score (nSPS) is 11.3. The Morgan fingerprint density at radius 2 is 1.80 bits per heavy atom. The fourth-order valence-electron chi connectivity index (χ4n) is 3.12. The van der Waals surface area contributed by atoms with Crippen LogP contribution in [-0.4, -0.2) is 26.5 Å². The number of aromatic nitrogens is 3. The number of hydrogen-bond acceptors (Lipinski definition) is 4. The van der Waals surface area contributed by atoms with E-state index in [2.05, 4.69) is 25.2 Å². The molecule has 1 aromatic carbocycles. The van der Waals surface area contributed by atoms with Crippen molar-refractivity contribution in [3.63, 3.8) is 0 Å². The molecule has 3 aromatic rings. The number of hydrogen-bond donors (Lipinski definition) is 1. The molecule has 6 nitrogen and oxygen atoms in total. The highest BCUT2D eigenvalue weighted by Gasteiger charge is 2.22. The van der Waals surface area contributed by atoms with Gasteiger partial charge in [-0.05, 0) is 64.3 Å². The molecule has 2 aromatic heterocycles. The Bertz CT molecular complexity index is 1030. The van der Waals surface area contributed by atoms with Crippen LogP contribution in [0.2, 0.25) is 0 Å². The van der Waals surface area contributed by atoms with Gasteiger partial charge in [0.1, 0.15) is 5.60 Å². The van der Waals surface area contributed by atoms with Gasteiger partial charge in [-0.2, -0.15) is 5.10 Å². The van der Waals surface area contributed by atoms with Crippen LogP contribution in [0.5, 0.6) is 0 Å². The van der Waals surface area contributed by atoms with Crippen molar-refractivity contribution in [2.24, 2.45) is 0 Å². The van der Waals surface area contributed by atoms with Gasteiger partial charge in [0.2, 0.25) is 0 Å². The lowest BCUT2D eigenvalue weighted by atomic mass is 10.1. The highest BCUT2D eigenvalue weighted by Crippen LogP contribution is 2.33. The number of fused-ring (bicyclic) bond motifs is 1. The predicted octanol–water partition coefficient (Wildman–Crippen LogP) is 6.53. The quantitative estimate of drug-likeness (QED) is 0.533. The van der Waals surface area contributed by atoms with Gasteiger partial charge in [-0.25, -0.2) is 14.5 Å². The Morgan fingerprint density at radius 3 is 2.37 bits per heavy atom. The summed E-state index contributed by atoms with van der Waals surface area (Å²) >= 11 is 0. The summed E-state index contributed by atoms with van der Waals surface area (Å²) in [6.45, 7) is 17.6. The van der Waals surface area contributed by atoms with Crippen LogP contribution in [0, 0.1) is 13.8 Å². The molecule has 0 saturated carbocycles. The van der Waals surface area contributed by atoms with Crippen LogP contribution in [0.4, 0.5) is 10.5 Å². The third-order valence-corrected chi connectivity index (χ3v) is 4.22. The molecule has 30 heavy (non-hydrogen) atoms. The molecule has 0 spiro atoms. The molecule has 0 atom stereocenters. The van der Waals surface area contributed by atoms with E-state index in [9.17, 15) is 4.79 Å². The SMILES string of the molecule is CC.Cc1cccc(-n2nc(C(C)C)c3c(NC(=O)OC(C)(C)C)cc(C)nc32)c1. The van der Waals surface area contributed by atoms with Crippen molar-refractivity contribution < 1.29 is 9.53 Å². The Balaban J connectivity index is 0.00000155. The molecule has 0 bridgehead atoms. The molecule has 6 heteroatoms. The van der Waals surface area contributed by atoms with Crippen molar-refractivity contribution in [3.05, 3.63) is 47.3 Å². The minimum Gasteiger partial charge on any atom is -0.444 e. The fourth-order valence-corrected chi connectivity index (χ4v) is 3.12. The number of carbonyl (C=O) groups excluding carboxylic acids is 1. The number of nitrogens with zero attached hydrogens (tertiary/aromatic N) is 3. The first kappa shape index (κ1) is 23.4. The molecule has 162 valence electrons. The lowest BCUT2D eigenvalue weighted by molar-refractivity contribution is 0.0636. The van der Waals surface area contributed by atoms with Crippen molar-refractivity contribution in [1.29, 1.82) is 0 Å². The van der Waals surface area contributed by atoms with Crippen molar-refractivity contribution in [2.75, 3.05) is 5.32 Å². The molecule has 0 aliphatic heterocycles. The lowest BCUT2D eigenvalue weighted by Crippen LogP contribution is -2.27. The van der Waals surface area contributed by atoms with Crippen LogP contribution in [0.3, 0.4) is 0 Å². The van der Waals surface area contributed by atoms with Gasteiger partial charge >= 0.3 is 6.09 Å². The molecule has 0 unspecified atom stereocenters. The summed E-state index contributed by atoms with van der Waals surface area (Å²) in [6.07, 6.45) is -0.489. The average Bonchev–Trinajstić information content (AvgIpc) is 3.01. The van der Waals surface area contributed by atoms with E-state index in [4.69, 9.17) is 14.8 Å². The third kappa shape index (κ3) is 5.38. The van der Waals surface area contributed by atoms with Crippen LogP contribution in [0.1, 0.15) is 71.3 Å². The summed E-state index contributed by atoms with van der Waals surface area (Å²) in [5.74, 6) is 0.164. The van der Waals surface area contributed by atoms with Gasteiger partial charge in [0.25, 0.3) is 0 Å². The number of pyridine rings is 1. The van der Waals surface area contributed by atoms with Gasteiger partial charge in [-0.3, -0.25) is 5.32 Å². The first-order valence-corrected chi connectivity index (χ1v) is 10.5. The van der Waals surface area contributed by atoms with Crippen molar-refractivity contribution >= 4 is 22.8 Å². The summed E-state index contributed by atoms with van der Waals surface area (Å²) in [5, 5.41) is 8.59. The zero-order valence-electron chi connectivity index (χ0n) is 19.6. The van der Waals surface area contributed by atoms with E-state index in [1.165, 1.54) is 0 Å². The zero-order chi connectivity index (χ0) is 22.6. The minimum absolute atomic E-state index is 0.164. The lowest BCUT2D eigenvalue weighted by Gasteiger charge is -2.20. The number of aryl methyl sites for hydroxylation is 2. The molecule has 1 amide bonds. The molecular weight excluding hydrogens is 376 g/mol. The Morgan fingerprint density at radius 1 is 1.13 bits per heavy atom. The molecule has 2 heterocycles. The highest BCUT2D eigenvalue weighted by molar-refractivity contribution is 6.00. The molecule has 0 saturated heterocycles. The van der Waals surface area contributed by atoms with Crippen molar-refractivity contribution in [2.45, 2.75) is 73.8 Å².